The molecule has 2 unspecified atom stereocenters. The van der Waals surface area contributed by atoms with Crippen molar-refractivity contribution in [1.82, 2.24) is 10.6 Å². The molecular weight excluding hydrogens is 180 g/mol. The van der Waals surface area contributed by atoms with Gasteiger partial charge in [0.1, 0.15) is 0 Å². The van der Waals surface area contributed by atoms with E-state index in [4.69, 9.17) is 5.11 Å². The molecule has 0 bridgehead atoms. The molecule has 82 valence electrons. The van der Waals surface area contributed by atoms with Crippen molar-refractivity contribution in [3.8, 4) is 0 Å². The standard InChI is InChI=1S/C10H20N2O2/c1-7(5-8(2)13)11-6-10(14)12-9-3-4-9/h7-9,11,13H,3-6H2,1-2H3,(H,12,14). The summed E-state index contributed by atoms with van der Waals surface area (Å²) >= 11 is 0. The molecule has 4 nitrogen and oxygen atoms in total. The first-order valence-corrected chi connectivity index (χ1v) is 5.28. The lowest BCUT2D eigenvalue weighted by Gasteiger charge is -2.14. The first-order valence-electron chi connectivity index (χ1n) is 5.28. The lowest BCUT2D eigenvalue weighted by Crippen LogP contribution is -2.39. The zero-order valence-corrected chi connectivity index (χ0v) is 8.92. The third-order valence-corrected chi connectivity index (χ3v) is 2.25. The molecule has 1 amide bonds. The van der Waals surface area contributed by atoms with Crippen LogP contribution in [0.1, 0.15) is 33.1 Å². The Morgan fingerprint density at radius 3 is 2.64 bits per heavy atom. The topological polar surface area (TPSA) is 61.4 Å². The van der Waals surface area contributed by atoms with E-state index in [9.17, 15) is 4.79 Å². The first-order chi connectivity index (χ1) is 6.58. The Balaban J connectivity index is 2.02. The van der Waals surface area contributed by atoms with Crippen LogP contribution in [-0.2, 0) is 4.79 Å². The molecule has 0 spiro atoms. The monoisotopic (exact) mass is 200 g/mol. The quantitative estimate of drug-likeness (QED) is 0.566. The van der Waals surface area contributed by atoms with Crippen molar-refractivity contribution in [3.05, 3.63) is 0 Å². The number of aliphatic hydroxyl groups is 1. The Morgan fingerprint density at radius 1 is 1.50 bits per heavy atom. The smallest absolute Gasteiger partial charge is 0.234 e. The van der Waals surface area contributed by atoms with E-state index in [1.54, 1.807) is 6.92 Å². The number of carbonyl (C=O) groups excluding carboxylic acids is 1. The SMILES string of the molecule is CC(O)CC(C)NCC(=O)NC1CC1. The van der Waals surface area contributed by atoms with E-state index in [0.29, 0.717) is 19.0 Å². The molecule has 1 aliphatic carbocycles. The summed E-state index contributed by atoms with van der Waals surface area (Å²) < 4.78 is 0. The first kappa shape index (κ1) is 11.5. The third kappa shape index (κ3) is 5.19. The van der Waals surface area contributed by atoms with Crippen LogP contribution in [0.5, 0.6) is 0 Å². The van der Waals surface area contributed by atoms with Crippen LogP contribution in [0.4, 0.5) is 0 Å². The number of carbonyl (C=O) groups is 1. The molecule has 0 aromatic carbocycles. The summed E-state index contributed by atoms with van der Waals surface area (Å²) in [4.78, 5) is 11.2. The van der Waals surface area contributed by atoms with Crippen molar-refractivity contribution in [2.45, 2.75) is 51.3 Å². The van der Waals surface area contributed by atoms with Gasteiger partial charge in [0.2, 0.25) is 5.91 Å². The second-order valence-corrected chi connectivity index (χ2v) is 4.21. The Hall–Kier alpha value is -0.610. The zero-order valence-electron chi connectivity index (χ0n) is 8.92. The highest BCUT2D eigenvalue weighted by molar-refractivity contribution is 5.78. The molecule has 1 saturated carbocycles. The van der Waals surface area contributed by atoms with Gasteiger partial charge in [0, 0.05) is 12.1 Å². The van der Waals surface area contributed by atoms with Crippen molar-refractivity contribution in [1.29, 1.82) is 0 Å². The Kier molecular flexibility index (Phi) is 4.35. The molecule has 0 aliphatic heterocycles. The van der Waals surface area contributed by atoms with Gasteiger partial charge in [-0.05, 0) is 33.1 Å². The van der Waals surface area contributed by atoms with E-state index in [0.717, 1.165) is 12.8 Å². The van der Waals surface area contributed by atoms with Crippen molar-refractivity contribution >= 4 is 5.91 Å². The Bertz CT molecular complexity index is 191. The maximum Gasteiger partial charge on any atom is 0.234 e. The summed E-state index contributed by atoms with van der Waals surface area (Å²) in [5.74, 6) is 0.0601. The molecule has 1 fully saturated rings. The molecule has 0 aromatic heterocycles. The lowest BCUT2D eigenvalue weighted by molar-refractivity contribution is -0.120. The largest absolute Gasteiger partial charge is 0.393 e. The van der Waals surface area contributed by atoms with Crippen LogP contribution in [0.25, 0.3) is 0 Å². The highest BCUT2D eigenvalue weighted by Crippen LogP contribution is 2.18. The van der Waals surface area contributed by atoms with Crippen LogP contribution in [0.2, 0.25) is 0 Å². The zero-order chi connectivity index (χ0) is 10.6. The predicted octanol–water partition coefficient (Wildman–Crippen LogP) is 0.0140. The average molecular weight is 200 g/mol. The number of hydrogen-bond donors (Lipinski definition) is 3. The van der Waals surface area contributed by atoms with Gasteiger partial charge in [0.15, 0.2) is 0 Å². The van der Waals surface area contributed by atoms with Gasteiger partial charge in [-0.15, -0.1) is 0 Å². The highest BCUT2D eigenvalue weighted by atomic mass is 16.3. The van der Waals surface area contributed by atoms with Gasteiger partial charge in [0.25, 0.3) is 0 Å². The van der Waals surface area contributed by atoms with Crippen LogP contribution in [-0.4, -0.2) is 35.7 Å². The lowest BCUT2D eigenvalue weighted by atomic mass is 10.1. The maximum absolute atomic E-state index is 11.2. The van der Waals surface area contributed by atoms with Gasteiger partial charge in [0.05, 0.1) is 12.6 Å². The van der Waals surface area contributed by atoms with Crippen molar-refractivity contribution in [2.24, 2.45) is 0 Å². The van der Waals surface area contributed by atoms with Gasteiger partial charge < -0.3 is 15.7 Å². The molecule has 0 aromatic rings. The highest BCUT2D eigenvalue weighted by Gasteiger charge is 2.22. The molecule has 1 aliphatic rings. The molecule has 0 radical (unpaired) electrons. The van der Waals surface area contributed by atoms with E-state index in [-0.39, 0.29) is 18.1 Å². The second kappa shape index (κ2) is 5.32. The van der Waals surface area contributed by atoms with Crippen molar-refractivity contribution < 1.29 is 9.90 Å². The van der Waals surface area contributed by atoms with Crippen LogP contribution in [0, 0.1) is 0 Å². The fourth-order valence-electron chi connectivity index (χ4n) is 1.37. The second-order valence-electron chi connectivity index (χ2n) is 4.21. The molecule has 0 saturated heterocycles. The van der Waals surface area contributed by atoms with Crippen LogP contribution < -0.4 is 10.6 Å². The minimum Gasteiger partial charge on any atom is -0.393 e. The third-order valence-electron chi connectivity index (χ3n) is 2.25. The fourth-order valence-corrected chi connectivity index (χ4v) is 1.37. The van der Waals surface area contributed by atoms with Gasteiger partial charge in [-0.2, -0.15) is 0 Å². The van der Waals surface area contributed by atoms with E-state index in [1.807, 2.05) is 6.92 Å². The van der Waals surface area contributed by atoms with Gasteiger partial charge in [-0.1, -0.05) is 0 Å². The summed E-state index contributed by atoms with van der Waals surface area (Å²) in [6.45, 7) is 4.07. The predicted molar refractivity (Wildman–Crippen MR) is 54.9 cm³/mol. The molecule has 2 atom stereocenters. The number of rotatable bonds is 6. The molecular formula is C10H20N2O2. The van der Waals surface area contributed by atoms with E-state index in [1.165, 1.54) is 0 Å². The number of amides is 1. The molecule has 14 heavy (non-hydrogen) atoms. The summed E-state index contributed by atoms with van der Waals surface area (Å²) in [7, 11) is 0. The summed E-state index contributed by atoms with van der Waals surface area (Å²) in [5, 5.41) is 15.1. The number of hydrogen-bond acceptors (Lipinski definition) is 3. The molecule has 1 rings (SSSR count). The van der Waals surface area contributed by atoms with Gasteiger partial charge >= 0.3 is 0 Å². The fraction of sp³-hybridized carbons (Fsp3) is 0.900. The Labute approximate surface area is 85.1 Å². The van der Waals surface area contributed by atoms with Crippen LogP contribution in [0.3, 0.4) is 0 Å². The number of nitrogens with one attached hydrogen (secondary N) is 2. The van der Waals surface area contributed by atoms with Crippen LogP contribution >= 0.6 is 0 Å². The van der Waals surface area contributed by atoms with E-state index >= 15 is 0 Å². The molecule has 0 heterocycles. The summed E-state index contributed by atoms with van der Waals surface area (Å²) in [6.07, 6.45) is 2.60. The van der Waals surface area contributed by atoms with Crippen LogP contribution in [0.15, 0.2) is 0 Å². The normalized spacial score (nSPS) is 20.2. The number of aliphatic hydroxyl groups excluding tert-OH is 1. The Morgan fingerprint density at radius 2 is 2.14 bits per heavy atom. The maximum atomic E-state index is 11.2. The molecule has 4 heteroatoms. The molecule has 3 N–H and O–H groups in total. The van der Waals surface area contributed by atoms with Gasteiger partial charge in [-0.3, -0.25) is 4.79 Å². The van der Waals surface area contributed by atoms with E-state index in [2.05, 4.69) is 10.6 Å². The minimum atomic E-state index is -0.316. The summed E-state index contributed by atoms with van der Waals surface area (Å²) in [6, 6.07) is 0.608. The summed E-state index contributed by atoms with van der Waals surface area (Å²) in [5.41, 5.74) is 0. The van der Waals surface area contributed by atoms with E-state index < -0.39 is 0 Å². The van der Waals surface area contributed by atoms with Crippen molar-refractivity contribution in [2.75, 3.05) is 6.54 Å². The average Bonchev–Trinajstić information content (AvgIpc) is 2.83. The van der Waals surface area contributed by atoms with Crippen molar-refractivity contribution in [3.63, 3.8) is 0 Å². The minimum absolute atomic E-state index is 0.0601. The van der Waals surface area contributed by atoms with Gasteiger partial charge in [-0.25, -0.2) is 0 Å².